The fraction of sp³-hybridized carbons (Fsp3) is 0.105. The van der Waals surface area contributed by atoms with Crippen LogP contribution in [0.3, 0.4) is 0 Å². The number of hydrogen-bond acceptors (Lipinski definition) is 4. The van der Waals surface area contributed by atoms with E-state index in [1.54, 1.807) is 6.07 Å². The van der Waals surface area contributed by atoms with Gasteiger partial charge in [0, 0.05) is 17.6 Å². The van der Waals surface area contributed by atoms with Gasteiger partial charge in [-0.15, -0.1) is 10.2 Å². The molecule has 1 heterocycles. The number of nitriles is 1. The second-order valence-electron chi connectivity index (χ2n) is 5.36. The summed E-state index contributed by atoms with van der Waals surface area (Å²) in [6, 6.07) is 24.0. The van der Waals surface area contributed by atoms with Gasteiger partial charge in [0.2, 0.25) is 0 Å². The lowest BCUT2D eigenvalue weighted by Crippen LogP contribution is -2.23. The van der Waals surface area contributed by atoms with Crippen molar-refractivity contribution in [1.29, 1.82) is 5.26 Å². The largest absolute Gasteiger partial charge is 0.346 e. The predicted octanol–water partition coefficient (Wildman–Crippen LogP) is 4.32. The van der Waals surface area contributed by atoms with Crippen LogP contribution >= 0.6 is 15.9 Å². The van der Waals surface area contributed by atoms with E-state index >= 15 is 0 Å². The molecule has 0 amide bonds. The molecule has 118 valence electrons. The number of nitrogens with zero attached hydrogens (tertiary/aromatic N) is 4. The van der Waals surface area contributed by atoms with Crippen LogP contribution in [0.1, 0.15) is 16.8 Å². The van der Waals surface area contributed by atoms with E-state index < -0.39 is 0 Å². The van der Waals surface area contributed by atoms with Crippen molar-refractivity contribution in [1.82, 2.24) is 10.2 Å². The van der Waals surface area contributed by atoms with Crippen LogP contribution in [0.25, 0.3) is 0 Å². The second kappa shape index (κ2) is 7.71. The monoisotopic (exact) mass is 378 g/mol. The maximum Gasteiger partial charge on any atom is 0.163 e. The molecule has 0 spiro atoms. The molecule has 0 saturated heterocycles. The van der Waals surface area contributed by atoms with Crippen LogP contribution in [0.4, 0.5) is 5.82 Å². The number of rotatable bonds is 5. The first-order valence-corrected chi connectivity index (χ1v) is 8.31. The molecule has 2 aromatic carbocycles. The lowest BCUT2D eigenvalue weighted by atomic mass is 10.1. The fourth-order valence-corrected chi connectivity index (χ4v) is 2.65. The number of hydrogen-bond donors (Lipinski definition) is 0. The molecule has 0 radical (unpaired) electrons. The molecule has 0 saturated carbocycles. The summed E-state index contributed by atoms with van der Waals surface area (Å²) in [6.07, 6.45) is 0. The van der Waals surface area contributed by atoms with E-state index in [9.17, 15) is 0 Å². The first kappa shape index (κ1) is 16.2. The van der Waals surface area contributed by atoms with E-state index in [-0.39, 0.29) is 0 Å². The number of benzene rings is 2. The Labute approximate surface area is 149 Å². The van der Waals surface area contributed by atoms with E-state index in [0.29, 0.717) is 12.2 Å². The summed E-state index contributed by atoms with van der Waals surface area (Å²) in [5.74, 6) is 0.751. The van der Waals surface area contributed by atoms with Crippen molar-refractivity contribution in [3.63, 3.8) is 0 Å². The third-order valence-corrected chi connectivity index (χ3v) is 4.12. The third-order valence-electron chi connectivity index (χ3n) is 3.59. The molecular weight excluding hydrogens is 364 g/mol. The maximum atomic E-state index is 8.89. The van der Waals surface area contributed by atoms with Gasteiger partial charge in [-0.05, 0) is 35.4 Å². The van der Waals surface area contributed by atoms with Crippen molar-refractivity contribution in [3.05, 3.63) is 88.0 Å². The van der Waals surface area contributed by atoms with Crippen molar-refractivity contribution in [3.8, 4) is 6.07 Å². The van der Waals surface area contributed by atoms with Crippen molar-refractivity contribution in [2.24, 2.45) is 0 Å². The topological polar surface area (TPSA) is 52.8 Å². The van der Waals surface area contributed by atoms with Gasteiger partial charge in [-0.25, -0.2) is 0 Å². The molecule has 0 atom stereocenters. The molecule has 3 rings (SSSR count). The summed E-state index contributed by atoms with van der Waals surface area (Å²) < 4.78 is 1.05. The van der Waals surface area contributed by atoms with Crippen LogP contribution in [-0.2, 0) is 13.1 Å². The first-order chi connectivity index (χ1) is 11.7. The smallest absolute Gasteiger partial charge is 0.163 e. The molecule has 4 nitrogen and oxygen atoms in total. The molecule has 0 N–H and O–H groups in total. The fourth-order valence-electron chi connectivity index (χ4n) is 2.39. The number of halogens is 1. The van der Waals surface area contributed by atoms with E-state index in [2.05, 4.69) is 55.3 Å². The Balaban J connectivity index is 1.87. The minimum atomic E-state index is 0.321. The zero-order valence-electron chi connectivity index (χ0n) is 12.9. The number of anilines is 1. The highest BCUT2D eigenvalue weighted by Crippen LogP contribution is 2.19. The molecule has 1 aromatic heterocycles. The lowest BCUT2D eigenvalue weighted by Gasteiger charge is -2.23. The van der Waals surface area contributed by atoms with Crippen LogP contribution in [0.2, 0.25) is 0 Å². The van der Waals surface area contributed by atoms with Gasteiger partial charge in [0.25, 0.3) is 0 Å². The first-order valence-electron chi connectivity index (χ1n) is 7.52. The highest BCUT2D eigenvalue weighted by molar-refractivity contribution is 9.10. The average molecular weight is 379 g/mol. The highest BCUT2D eigenvalue weighted by Gasteiger charge is 2.11. The predicted molar refractivity (Wildman–Crippen MR) is 97.2 cm³/mol. The maximum absolute atomic E-state index is 8.89. The van der Waals surface area contributed by atoms with Gasteiger partial charge in [-0.3, -0.25) is 0 Å². The van der Waals surface area contributed by atoms with Crippen LogP contribution in [0.15, 0.2) is 71.2 Å². The zero-order chi connectivity index (χ0) is 16.8. The molecule has 24 heavy (non-hydrogen) atoms. The summed E-state index contributed by atoms with van der Waals surface area (Å²) >= 11 is 3.46. The quantitative estimate of drug-likeness (QED) is 0.663. The van der Waals surface area contributed by atoms with Crippen molar-refractivity contribution in [2.75, 3.05) is 4.90 Å². The Kier molecular flexibility index (Phi) is 5.19. The standard InChI is InChI=1S/C19H15BrN4/c20-17-8-6-16(7-9-17)14-24(13-15-4-2-1-3-5-15)19-11-10-18(12-21)22-23-19/h1-11H,13-14H2. The molecule has 0 bridgehead atoms. The van der Waals surface area contributed by atoms with Gasteiger partial charge in [-0.1, -0.05) is 58.4 Å². The van der Waals surface area contributed by atoms with Crippen molar-refractivity contribution < 1.29 is 0 Å². The van der Waals surface area contributed by atoms with Crippen LogP contribution in [-0.4, -0.2) is 10.2 Å². The Morgan fingerprint density at radius 1 is 0.833 bits per heavy atom. The summed E-state index contributed by atoms with van der Waals surface area (Å²) in [4.78, 5) is 2.15. The average Bonchev–Trinajstić information content (AvgIpc) is 2.64. The summed E-state index contributed by atoms with van der Waals surface area (Å²) in [7, 11) is 0. The van der Waals surface area contributed by atoms with Gasteiger partial charge < -0.3 is 4.90 Å². The van der Waals surface area contributed by atoms with Gasteiger partial charge in [0.15, 0.2) is 11.5 Å². The van der Waals surface area contributed by atoms with Crippen molar-refractivity contribution in [2.45, 2.75) is 13.1 Å². The molecule has 0 fully saturated rings. The minimum Gasteiger partial charge on any atom is -0.346 e. The van der Waals surface area contributed by atoms with Gasteiger partial charge >= 0.3 is 0 Å². The molecule has 0 aliphatic rings. The Bertz CT molecular complexity index is 824. The van der Waals surface area contributed by atoms with E-state index in [0.717, 1.165) is 16.8 Å². The summed E-state index contributed by atoms with van der Waals surface area (Å²) in [5.41, 5.74) is 2.70. The van der Waals surface area contributed by atoms with Gasteiger partial charge in [-0.2, -0.15) is 5.26 Å². The van der Waals surface area contributed by atoms with Crippen LogP contribution in [0.5, 0.6) is 0 Å². The Morgan fingerprint density at radius 3 is 2.08 bits per heavy atom. The van der Waals surface area contributed by atoms with Gasteiger partial charge in [0.1, 0.15) is 6.07 Å². The lowest BCUT2D eigenvalue weighted by molar-refractivity contribution is 0.767. The van der Waals surface area contributed by atoms with E-state index in [1.807, 2.05) is 42.5 Å². The van der Waals surface area contributed by atoms with E-state index in [4.69, 9.17) is 5.26 Å². The molecular formula is C19H15BrN4. The molecule has 0 unspecified atom stereocenters. The van der Waals surface area contributed by atoms with Gasteiger partial charge in [0.05, 0.1) is 0 Å². The molecule has 3 aromatic rings. The zero-order valence-corrected chi connectivity index (χ0v) is 14.5. The van der Waals surface area contributed by atoms with Crippen molar-refractivity contribution >= 4 is 21.7 Å². The molecule has 5 heteroatoms. The summed E-state index contributed by atoms with van der Waals surface area (Å²) in [6.45, 7) is 1.43. The molecule has 0 aliphatic carbocycles. The normalized spacial score (nSPS) is 10.2. The van der Waals surface area contributed by atoms with Crippen LogP contribution in [0, 0.1) is 11.3 Å². The highest BCUT2D eigenvalue weighted by atomic mass is 79.9. The minimum absolute atomic E-state index is 0.321. The second-order valence-corrected chi connectivity index (χ2v) is 6.27. The van der Waals surface area contributed by atoms with E-state index in [1.165, 1.54) is 11.1 Å². The Morgan fingerprint density at radius 2 is 1.50 bits per heavy atom. The summed E-state index contributed by atoms with van der Waals surface area (Å²) in [5, 5.41) is 17.1. The molecule has 0 aliphatic heterocycles. The van der Waals surface area contributed by atoms with Crippen LogP contribution < -0.4 is 4.90 Å². The number of aromatic nitrogens is 2. The SMILES string of the molecule is N#Cc1ccc(N(Cc2ccccc2)Cc2ccc(Br)cc2)nn1. The third kappa shape index (κ3) is 4.18. The Hall–Kier alpha value is -2.71.